The predicted octanol–water partition coefficient (Wildman–Crippen LogP) is 3.68. The summed E-state index contributed by atoms with van der Waals surface area (Å²) in [5.74, 6) is -0.828. The van der Waals surface area contributed by atoms with E-state index in [-0.39, 0.29) is 11.3 Å². The minimum absolute atomic E-state index is 0.195. The van der Waals surface area contributed by atoms with Crippen molar-refractivity contribution in [1.82, 2.24) is 0 Å². The van der Waals surface area contributed by atoms with E-state index in [1.165, 1.54) is 24.3 Å². The van der Waals surface area contributed by atoms with Crippen LogP contribution >= 0.6 is 0 Å². The molecule has 0 heterocycles. The molecule has 0 fully saturated rings. The summed E-state index contributed by atoms with van der Waals surface area (Å²) in [6.45, 7) is 2.39. The SMILES string of the molecule is CCCCOC(=O)c1ccc(C(=O)Oc2ccccc2C=O)cc1. The highest BCUT2D eigenvalue weighted by atomic mass is 16.5. The summed E-state index contributed by atoms with van der Waals surface area (Å²) < 4.78 is 10.3. The summed E-state index contributed by atoms with van der Waals surface area (Å²) in [4.78, 5) is 34.8. The molecule has 0 aliphatic heterocycles. The van der Waals surface area contributed by atoms with Gasteiger partial charge >= 0.3 is 11.9 Å². The predicted molar refractivity (Wildman–Crippen MR) is 88.4 cm³/mol. The highest BCUT2D eigenvalue weighted by Gasteiger charge is 2.13. The summed E-state index contributed by atoms with van der Waals surface area (Å²) in [6.07, 6.45) is 2.38. The summed E-state index contributed by atoms with van der Waals surface area (Å²) >= 11 is 0. The Balaban J connectivity index is 2.03. The lowest BCUT2D eigenvalue weighted by molar-refractivity contribution is 0.0498. The van der Waals surface area contributed by atoms with E-state index in [0.29, 0.717) is 24.0 Å². The van der Waals surface area contributed by atoms with Crippen molar-refractivity contribution in [2.24, 2.45) is 0 Å². The molecule has 0 bridgehead atoms. The number of carbonyl (C=O) groups is 3. The van der Waals surface area contributed by atoms with Crippen LogP contribution in [-0.4, -0.2) is 24.8 Å². The van der Waals surface area contributed by atoms with Crippen LogP contribution in [0.3, 0.4) is 0 Å². The number of esters is 2. The number of para-hydroxylation sites is 1. The van der Waals surface area contributed by atoms with E-state index in [1.807, 2.05) is 6.92 Å². The maximum Gasteiger partial charge on any atom is 0.343 e. The van der Waals surface area contributed by atoms with Gasteiger partial charge in [0.25, 0.3) is 0 Å². The van der Waals surface area contributed by atoms with Gasteiger partial charge in [0.2, 0.25) is 0 Å². The number of ether oxygens (including phenoxy) is 2. The van der Waals surface area contributed by atoms with E-state index < -0.39 is 11.9 Å². The maximum atomic E-state index is 12.1. The van der Waals surface area contributed by atoms with Gasteiger partial charge in [0.15, 0.2) is 6.29 Å². The lowest BCUT2D eigenvalue weighted by Gasteiger charge is -2.07. The third-order valence-electron chi connectivity index (χ3n) is 3.34. The Bertz CT molecular complexity index is 719. The number of unbranched alkanes of at least 4 members (excludes halogenated alkanes) is 1. The van der Waals surface area contributed by atoms with Gasteiger partial charge in [-0.25, -0.2) is 9.59 Å². The normalized spacial score (nSPS) is 10.0. The van der Waals surface area contributed by atoms with Crippen molar-refractivity contribution in [2.75, 3.05) is 6.61 Å². The van der Waals surface area contributed by atoms with Gasteiger partial charge in [0.05, 0.1) is 23.3 Å². The molecule has 0 unspecified atom stereocenters. The monoisotopic (exact) mass is 326 g/mol. The van der Waals surface area contributed by atoms with Crippen molar-refractivity contribution in [2.45, 2.75) is 19.8 Å². The Kier molecular flexibility index (Phi) is 6.25. The first-order chi connectivity index (χ1) is 11.7. The molecule has 0 saturated carbocycles. The summed E-state index contributed by atoms with van der Waals surface area (Å²) in [5, 5.41) is 0. The molecule has 0 aliphatic carbocycles. The fourth-order valence-corrected chi connectivity index (χ4v) is 1.96. The van der Waals surface area contributed by atoms with E-state index in [4.69, 9.17) is 9.47 Å². The molecule has 0 aliphatic rings. The quantitative estimate of drug-likeness (QED) is 0.336. The van der Waals surface area contributed by atoms with E-state index in [9.17, 15) is 14.4 Å². The Morgan fingerprint density at radius 3 is 2.21 bits per heavy atom. The van der Waals surface area contributed by atoms with Crippen LogP contribution in [0.5, 0.6) is 5.75 Å². The van der Waals surface area contributed by atoms with Gasteiger partial charge in [0, 0.05) is 0 Å². The Labute approximate surface area is 140 Å². The number of hydrogen-bond acceptors (Lipinski definition) is 5. The van der Waals surface area contributed by atoms with Gasteiger partial charge in [-0.05, 0) is 42.8 Å². The Morgan fingerprint density at radius 2 is 1.58 bits per heavy atom. The molecule has 2 rings (SSSR count). The zero-order chi connectivity index (χ0) is 17.4. The second-order valence-corrected chi connectivity index (χ2v) is 5.11. The first kappa shape index (κ1) is 17.4. The Morgan fingerprint density at radius 1 is 0.958 bits per heavy atom. The van der Waals surface area contributed by atoms with Crippen LogP contribution in [0.2, 0.25) is 0 Å². The number of benzene rings is 2. The standard InChI is InChI=1S/C19H18O5/c1-2-3-12-23-18(21)14-8-10-15(11-9-14)19(22)24-17-7-5-4-6-16(17)13-20/h4-11,13H,2-3,12H2,1H3. The fraction of sp³-hybridized carbons (Fsp3) is 0.211. The smallest absolute Gasteiger partial charge is 0.343 e. The molecule has 0 saturated heterocycles. The molecule has 0 aromatic heterocycles. The average molecular weight is 326 g/mol. The van der Waals surface area contributed by atoms with Crippen LogP contribution in [0, 0.1) is 0 Å². The van der Waals surface area contributed by atoms with Crippen molar-refractivity contribution < 1.29 is 23.9 Å². The summed E-state index contributed by atoms with van der Waals surface area (Å²) in [7, 11) is 0. The van der Waals surface area contributed by atoms with Crippen LogP contribution in [0.15, 0.2) is 48.5 Å². The number of rotatable bonds is 7. The van der Waals surface area contributed by atoms with Crippen LogP contribution in [-0.2, 0) is 4.74 Å². The molecule has 2 aromatic rings. The van der Waals surface area contributed by atoms with Crippen LogP contribution in [0.4, 0.5) is 0 Å². The van der Waals surface area contributed by atoms with E-state index in [2.05, 4.69) is 0 Å². The van der Waals surface area contributed by atoms with Gasteiger partial charge in [-0.1, -0.05) is 25.5 Å². The number of aldehydes is 1. The van der Waals surface area contributed by atoms with Crippen molar-refractivity contribution in [1.29, 1.82) is 0 Å². The number of hydrogen-bond donors (Lipinski definition) is 0. The minimum Gasteiger partial charge on any atom is -0.462 e. The van der Waals surface area contributed by atoms with Gasteiger partial charge < -0.3 is 9.47 Å². The first-order valence-electron chi connectivity index (χ1n) is 7.69. The third-order valence-corrected chi connectivity index (χ3v) is 3.34. The zero-order valence-electron chi connectivity index (χ0n) is 13.4. The van der Waals surface area contributed by atoms with Gasteiger partial charge in [-0.15, -0.1) is 0 Å². The lowest BCUT2D eigenvalue weighted by atomic mass is 10.1. The van der Waals surface area contributed by atoms with E-state index >= 15 is 0 Å². The summed E-state index contributed by atoms with van der Waals surface area (Å²) in [5.41, 5.74) is 0.943. The van der Waals surface area contributed by atoms with E-state index in [1.54, 1.807) is 24.3 Å². The van der Waals surface area contributed by atoms with Crippen LogP contribution in [0.25, 0.3) is 0 Å². The molecule has 0 spiro atoms. The van der Waals surface area contributed by atoms with E-state index in [0.717, 1.165) is 12.8 Å². The van der Waals surface area contributed by atoms with Gasteiger partial charge in [-0.2, -0.15) is 0 Å². The molecule has 124 valence electrons. The van der Waals surface area contributed by atoms with Crippen LogP contribution < -0.4 is 4.74 Å². The molecule has 5 nitrogen and oxygen atoms in total. The molecule has 0 radical (unpaired) electrons. The lowest BCUT2D eigenvalue weighted by Crippen LogP contribution is -2.11. The Hall–Kier alpha value is -2.95. The molecular weight excluding hydrogens is 308 g/mol. The third kappa shape index (κ3) is 4.52. The minimum atomic E-state index is -0.602. The second kappa shape index (κ2) is 8.62. The highest BCUT2D eigenvalue weighted by Crippen LogP contribution is 2.18. The molecule has 5 heteroatoms. The first-order valence-corrected chi connectivity index (χ1v) is 7.69. The molecular formula is C19H18O5. The summed E-state index contributed by atoms with van der Waals surface area (Å²) in [6, 6.07) is 12.5. The fourth-order valence-electron chi connectivity index (χ4n) is 1.96. The van der Waals surface area contributed by atoms with Crippen molar-refractivity contribution >= 4 is 18.2 Å². The molecule has 0 N–H and O–H groups in total. The molecule has 2 aromatic carbocycles. The van der Waals surface area contributed by atoms with Gasteiger partial charge in [-0.3, -0.25) is 4.79 Å². The van der Waals surface area contributed by atoms with Crippen molar-refractivity contribution in [3.05, 3.63) is 65.2 Å². The van der Waals surface area contributed by atoms with Crippen molar-refractivity contribution in [3.63, 3.8) is 0 Å². The number of carbonyl (C=O) groups excluding carboxylic acids is 3. The van der Waals surface area contributed by atoms with Gasteiger partial charge in [0.1, 0.15) is 5.75 Å². The van der Waals surface area contributed by atoms with Crippen LogP contribution in [0.1, 0.15) is 50.8 Å². The largest absolute Gasteiger partial charge is 0.462 e. The zero-order valence-corrected chi connectivity index (χ0v) is 13.4. The molecule has 0 amide bonds. The topological polar surface area (TPSA) is 69.7 Å². The maximum absolute atomic E-state index is 12.1. The molecule has 0 atom stereocenters. The average Bonchev–Trinajstić information content (AvgIpc) is 2.62. The molecule has 24 heavy (non-hydrogen) atoms. The highest BCUT2D eigenvalue weighted by molar-refractivity contribution is 5.95. The second-order valence-electron chi connectivity index (χ2n) is 5.11. The van der Waals surface area contributed by atoms with Crippen molar-refractivity contribution in [3.8, 4) is 5.75 Å².